The van der Waals surface area contributed by atoms with Crippen molar-refractivity contribution in [3.63, 3.8) is 0 Å². The van der Waals surface area contributed by atoms with Crippen LogP contribution in [0.2, 0.25) is 0 Å². The standard InChI is InChI=1S/C16H18O2Si/c17-19(18)15(13-7-3-1-4-8-13)11-12-16(19)14-9-5-2-6-10-14/h1-10,15-18H,11-12H2. The average molecular weight is 270 g/mol. The van der Waals surface area contributed by atoms with Gasteiger partial charge in [-0.1, -0.05) is 60.7 Å². The molecule has 1 heterocycles. The third-order valence-electron chi connectivity index (χ3n) is 4.17. The van der Waals surface area contributed by atoms with E-state index >= 15 is 0 Å². The predicted octanol–water partition coefficient (Wildman–Crippen LogP) is 2.85. The summed E-state index contributed by atoms with van der Waals surface area (Å²) in [6, 6.07) is 19.8. The van der Waals surface area contributed by atoms with Gasteiger partial charge in [0, 0.05) is 11.1 Å². The van der Waals surface area contributed by atoms with Crippen molar-refractivity contribution in [2.24, 2.45) is 0 Å². The molecule has 3 rings (SSSR count). The summed E-state index contributed by atoms with van der Waals surface area (Å²) in [5.41, 5.74) is 1.99. The number of rotatable bonds is 2. The van der Waals surface area contributed by atoms with Crippen LogP contribution in [-0.2, 0) is 0 Å². The Morgan fingerprint density at radius 1 is 0.684 bits per heavy atom. The molecular formula is C16H18O2Si. The lowest BCUT2D eigenvalue weighted by Crippen LogP contribution is -2.44. The minimum atomic E-state index is -3.28. The number of hydrogen-bond donors (Lipinski definition) is 2. The maximum absolute atomic E-state index is 10.7. The molecule has 1 aliphatic heterocycles. The van der Waals surface area contributed by atoms with Crippen LogP contribution in [0.25, 0.3) is 0 Å². The van der Waals surface area contributed by atoms with Crippen molar-refractivity contribution < 1.29 is 9.59 Å². The Kier molecular flexibility index (Phi) is 3.27. The van der Waals surface area contributed by atoms with Gasteiger partial charge >= 0.3 is 8.56 Å². The van der Waals surface area contributed by atoms with Crippen molar-refractivity contribution in [1.29, 1.82) is 0 Å². The molecule has 0 radical (unpaired) electrons. The second-order valence-electron chi connectivity index (χ2n) is 5.29. The van der Waals surface area contributed by atoms with Gasteiger partial charge in [0.1, 0.15) is 0 Å². The monoisotopic (exact) mass is 270 g/mol. The topological polar surface area (TPSA) is 40.5 Å². The summed E-state index contributed by atoms with van der Waals surface area (Å²) < 4.78 is 0. The molecular weight excluding hydrogens is 252 g/mol. The van der Waals surface area contributed by atoms with E-state index in [9.17, 15) is 9.59 Å². The van der Waals surface area contributed by atoms with Gasteiger partial charge < -0.3 is 9.59 Å². The minimum absolute atomic E-state index is 0.0705. The van der Waals surface area contributed by atoms with E-state index < -0.39 is 8.56 Å². The SMILES string of the molecule is O[Si]1(O)C(c2ccccc2)CCC1c1ccccc1. The second-order valence-corrected chi connectivity index (χ2v) is 8.25. The Morgan fingerprint density at radius 2 is 1.05 bits per heavy atom. The fraction of sp³-hybridized carbons (Fsp3) is 0.250. The van der Waals surface area contributed by atoms with E-state index in [4.69, 9.17) is 0 Å². The molecule has 19 heavy (non-hydrogen) atoms. The van der Waals surface area contributed by atoms with Crippen LogP contribution < -0.4 is 0 Å². The van der Waals surface area contributed by atoms with Crippen LogP contribution >= 0.6 is 0 Å². The van der Waals surface area contributed by atoms with Gasteiger partial charge in [-0.2, -0.15) is 0 Å². The maximum Gasteiger partial charge on any atom is 0.348 e. The minimum Gasteiger partial charge on any atom is -0.410 e. The van der Waals surface area contributed by atoms with E-state index in [2.05, 4.69) is 0 Å². The van der Waals surface area contributed by atoms with Crippen LogP contribution in [0.1, 0.15) is 35.1 Å². The molecule has 98 valence electrons. The molecule has 2 aromatic carbocycles. The lowest BCUT2D eigenvalue weighted by Gasteiger charge is -2.26. The van der Waals surface area contributed by atoms with Crippen molar-refractivity contribution in [3.8, 4) is 0 Å². The second kappa shape index (κ2) is 4.93. The lowest BCUT2D eigenvalue weighted by atomic mass is 10.0. The van der Waals surface area contributed by atoms with Gasteiger partial charge in [0.15, 0.2) is 0 Å². The van der Waals surface area contributed by atoms with E-state index in [1.54, 1.807) is 0 Å². The summed E-state index contributed by atoms with van der Waals surface area (Å²) in [4.78, 5) is 21.4. The fourth-order valence-electron chi connectivity index (χ4n) is 3.20. The van der Waals surface area contributed by atoms with Gasteiger partial charge in [0.2, 0.25) is 0 Å². The van der Waals surface area contributed by atoms with Crippen molar-refractivity contribution in [3.05, 3.63) is 71.8 Å². The largest absolute Gasteiger partial charge is 0.410 e. The van der Waals surface area contributed by atoms with Crippen LogP contribution in [0, 0.1) is 0 Å². The molecule has 2 atom stereocenters. The fourth-order valence-corrected chi connectivity index (χ4v) is 6.23. The molecule has 0 spiro atoms. The van der Waals surface area contributed by atoms with Crippen molar-refractivity contribution >= 4 is 8.56 Å². The van der Waals surface area contributed by atoms with Gasteiger partial charge in [-0.15, -0.1) is 0 Å². The van der Waals surface area contributed by atoms with Gasteiger partial charge in [-0.05, 0) is 24.0 Å². The highest BCUT2D eigenvalue weighted by Crippen LogP contribution is 2.46. The zero-order valence-electron chi connectivity index (χ0n) is 10.7. The highest BCUT2D eigenvalue weighted by atomic mass is 28.4. The van der Waals surface area contributed by atoms with E-state index in [1.807, 2.05) is 60.7 Å². The van der Waals surface area contributed by atoms with E-state index in [1.165, 1.54) is 0 Å². The Bertz CT molecular complexity index is 490. The van der Waals surface area contributed by atoms with E-state index in [0.29, 0.717) is 0 Å². The van der Waals surface area contributed by atoms with Gasteiger partial charge in [0.25, 0.3) is 0 Å². The van der Waals surface area contributed by atoms with Gasteiger partial charge in [-0.25, -0.2) is 0 Å². The summed E-state index contributed by atoms with van der Waals surface area (Å²) in [6.45, 7) is 0. The van der Waals surface area contributed by atoms with Crippen molar-refractivity contribution in [1.82, 2.24) is 0 Å². The normalized spacial score (nSPS) is 25.4. The molecule has 1 saturated heterocycles. The van der Waals surface area contributed by atoms with Gasteiger partial charge in [-0.3, -0.25) is 0 Å². The first-order valence-corrected chi connectivity index (χ1v) is 8.79. The summed E-state index contributed by atoms with van der Waals surface area (Å²) in [5.74, 6) is 0. The van der Waals surface area contributed by atoms with Crippen LogP contribution in [0.4, 0.5) is 0 Å². The summed E-state index contributed by atoms with van der Waals surface area (Å²) >= 11 is 0. The number of hydrogen-bond acceptors (Lipinski definition) is 2. The Morgan fingerprint density at radius 3 is 1.42 bits per heavy atom. The first-order chi connectivity index (χ1) is 9.19. The molecule has 0 bridgehead atoms. The lowest BCUT2D eigenvalue weighted by molar-refractivity contribution is 0.341. The molecule has 3 heteroatoms. The molecule has 0 amide bonds. The average Bonchev–Trinajstić information content (AvgIpc) is 2.76. The summed E-state index contributed by atoms with van der Waals surface area (Å²) in [6.07, 6.45) is 1.73. The van der Waals surface area contributed by atoms with Gasteiger partial charge in [0.05, 0.1) is 0 Å². The molecule has 0 aliphatic carbocycles. The first-order valence-electron chi connectivity index (χ1n) is 6.74. The predicted molar refractivity (Wildman–Crippen MR) is 77.8 cm³/mol. The molecule has 2 N–H and O–H groups in total. The third kappa shape index (κ3) is 2.25. The van der Waals surface area contributed by atoms with Crippen molar-refractivity contribution in [2.75, 3.05) is 0 Å². The Balaban J connectivity index is 1.92. The first kappa shape index (κ1) is 12.6. The molecule has 2 aromatic rings. The van der Waals surface area contributed by atoms with Crippen molar-refractivity contribution in [2.45, 2.75) is 23.9 Å². The Hall–Kier alpha value is -1.42. The number of benzene rings is 2. The van der Waals surface area contributed by atoms with Crippen LogP contribution in [-0.4, -0.2) is 18.2 Å². The molecule has 0 aromatic heterocycles. The highest BCUT2D eigenvalue weighted by Gasteiger charge is 2.53. The third-order valence-corrected chi connectivity index (χ3v) is 7.47. The smallest absolute Gasteiger partial charge is 0.348 e. The molecule has 0 saturated carbocycles. The molecule has 2 nitrogen and oxygen atoms in total. The zero-order valence-corrected chi connectivity index (χ0v) is 11.7. The summed E-state index contributed by atoms with van der Waals surface area (Å²) in [7, 11) is -3.28. The van der Waals surface area contributed by atoms with E-state index in [-0.39, 0.29) is 11.1 Å². The van der Waals surface area contributed by atoms with Crippen LogP contribution in [0.15, 0.2) is 60.7 Å². The molecule has 2 unspecified atom stereocenters. The van der Waals surface area contributed by atoms with E-state index in [0.717, 1.165) is 24.0 Å². The molecule has 1 fully saturated rings. The summed E-state index contributed by atoms with van der Waals surface area (Å²) in [5, 5.41) is 0. The Labute approximate surface area is 114 Å². The maximum atomic E-state index is 10.7. The highest BCUT2D eigenvalue weighted by molar-refractivity contribution is 6.68. The zero-order chi connectivity index (χ0) is 13.3. The van der Waals surface area contributed by atoms with Crippen LogP contribution in [0.3, 0.4) is 0 Å². The van der Waals surface area contributed by atoms with Crippen LogP contribution in [0.5, 0.6) is 0 Å². The quantitative estimate of drug-likeness (QED) is 0.824. The molecule has 1 aliphatic rings.